The SMILES string of the molecule is Cc1cc(C)c(C)c(S(=O)(=O)N2CC3CC2CS3(=O)=O)c1C. The maximum Gasteiger partial charge on any atom is 0.243 e. The first kappa shape index (κ1) is 16.0. The predicted octanol–water partition coefficient (Wildman–Crippen LogP) is 1.48. The number of sulfone groups is 1. The molecule has 2 fully saturated rings. The molecule has 0 N–H and O–H groups in total. The first-order valence-corrected chi connectivity index (χ1v) is 10.5. The first-order valence-electron chi connectivity index (χ1n) is 7.36. The van der Waals surface area contributed by atoms with Crippen LogP contribution in [0.2, 0.25) is 0 Å². The van der Waals surface area contributed by atoms with Crippen LogP contribution in [0.4, 0.5) is 0 Å². The molecule has 2 atom stereocenters. The van der Waals surface area contributed by atoms with Crippen LogP contribution in [0.3, 0.4) is 0 Å². The Bertz CT molecular complexity index is 830. The van der Waals surface area contributed by atoms with Crippen molar-refractivity contribution in [1.29, 1.82) is 0 Å². The molecule has 1 aromatic carbocycles. The average Bonchev–Trinajstić information content (AvgIpc) is 2.92. The third kappa shape index (κ3) is 2.13. The number of rotatable bonds is 2. The summed E-state index contributed by atoms with van der Waals surface area (Å²) in [4.78, 5) is 0.356. The van der Waals surface area contributed by atoms with Crippen LogP contribution >= 0.6 is 0 Å². The van der Waals surface area contributed by atoms with Crippen molar-refractivity contribution in [3.05, 3.63) is 28.3 Å². The van der Waals surface area contributed by atoms with Gasteiger partial charge in [0.2, 0.25) is 10.0 Å². The maximum absolute atomic E-state index is 13.1. The molecular formula is C15H21NO4S2. The van der Waals surface area contributed by atoms with Gasteiger partial charge in [0, 0.05) is 12.6 Å². The fourth-order valence-corrected chi connectivity index (χ4v) is 8.12. The van der Waals surface area contributed by atoms with Crippen molar-refractivity contribution in [2.45, 2.75) is 50.3 Å². The molecule has 0 spiro atoms. The molecule has 0 saturated carbocycles. The summed E-state index contributed by atoms with van der Waals surface area (Å²) in [6.07, 6.45) is 0.435. The molecule has 2 saturated heterocycles. The largest absolute Gasteiger partial charge is 0.243 e. The highest BCUT2D eigenvalue weighted by molar-refractivity contribution is 7.93. The van der Waals surface area contributed by atoms with Crippen LogP contribution in [0.15, 0.2) is 11.0 Å². The van der Waals surface area contributed by atoms with Gasteiger partial charge in [-0.05, 0) is 56.4 Å². The topological polar surface area (TPSA) is 71.5 Å². The molecule has 2 aliphatic rings. The summed E-state index contributed by atoms with van der Waals surface area (Å²) in [6.45, 7) is 7.55. The smallest absolute Gasteiger partial charge is 0.228 e. The molecule has 5 nitrogen and oxygen atoms in total. The zero-order chi connectivity index (χ0) is 16.4. The van der Waals surface area contributed by atoms with E-state index in [4.69, 9.17) is 0 Å². The Labute approximate surface area is 132 Å². The predicted molar refractivity (Wildman–Crippen MR) is 85.3 cm³/mol. The maximum atomic E-state index is 13.1. The van der Waals surface area contributed by atoms with Crippen LogP contribution in [-0.4, -0.2) is 44.7 Å². The Balaban J connectivity index is 2.11. The van der Waals surface area contributed by atoms with E-state index >= 15 is 0 Å². The standard InChI is InChI=1S/C15H21NO4S2/c1-9-5-10(2)12(4)15(11(9)3)22(19,20)16-7-14-6-13(16)8-21(14,17)18/h5,13-14H,6-8H2,1-4H3. The van der Waals surface area contributed by atoms with E-state index in [-0.39, 0.29) is 12.3 Å². The molecule has 2 bridgehead atoms. The Morgan fingerprint density at radius 2 is 1.64 bits per heavy atom. The van der Waals surface area contributed by atoms with Crippen LogP contribution < -0.4 is 0 Å². The van der Waals surface area contributed by atoms with E-state index in [1.54, 1.807) is 0 Å². The molecule has 2 aliphatic heterocycles. The van der Waals surface area contributed by atoms with E-state index in [9.17, 15) is 16.8 Å². The van der Waals surface area contributed by atoms with Crippen molar-refractivity contribution in [2.24, 2.45) is 0 Å². The first-order chi connectivity index (χ1) is 10.1. The summed E-state index contributed by atoms with van der Waals surface area (Å²) < 4.78 is 51.3. The molecule has 122 valence electrons. The van der Waals surface area contributed by atoms with Crippen molar-refractivity contribution in [3.63, 3.8) is 0 Å². The second-order valence-electron chi connectivity index (χ2n) is 6.51. The van der Waals surface area contributed by atoms with E-state index < -0.39 is 31.2 Å². The quantitative estimate of drug-likeness (QED) is 0.815. The summed E-state index contributed by atoms with van der Waals surface area (Å²) in [5.41, 5.74) is 3.40. The van der Waals surface area contributed by atoms with Gasteiger partial charge in [0.05, 0.1) is 15.9 Å². The fraction of sp³-hybridized carbons (Fsp3) is 0.600. The van der Waals surface area contributed by atoms with E-state index in [0.29, 0.717) is 11.3 Å². The number of sulfonamides is 1. The van der Waals surface area contributed by atoms with E-state index in [1.807, 2.05) is 33.8 Å². The normalized spacial score (nSPS) is 27.5. The van der Waals surface area contributed by atoms with E-state index in [2.05, 4.69) is 0 Å². The Morgan fingerprint density at radius 1 is 1.09 bits per heavy atom. The molecule has 3 rings (SSSR count). The van der Waals surface area contributed by atoms with Crippen molar-refractivity contribution in [3.8, 4) is 0 Å². The summed E-state index contributed by atoms with van der Waals surface area (Å²) in [6, 6.07) is 1.59. The lowest BCUT2D eigenvalue weighted by Crippen LogP contribution is -2.44. The Hall–Kier alpha value is -0.920. The van der Waals surface area contributed by atoms with E-state index in [1.165, 1.54) is 4.31 Å². The fourth-order valence-electron chi connectivity index (χ4n) is 3.64. The highest BCUT2D eigenvalue weighted by Crippen LogP contribution is 2.38. The van der Waals surface area contributed by atoms with Gasteiger partial charge in [0.1, 0.15) is 0 Å². The van der Waals surface area contributed by atoms with Crippen LogP contribution in [0.25, 0.3) is 0 Å². The number of fused-ring (bicyclic) bond motifs is 2. The lowest BCUT2D eigenvalue weighted by Gasteiger charge is -2.28. The van der Waals surface area contributed by atoms with Crippen molar-refractivity contribution >= 4 is 19.9 Å². The van der Waals surface area contributed by atoms with Crippen molar-refractivity contribution in [2.75, 3.05) is 12.3 Å². The summed E-state index contributed by atoms with van der Waals surface area (Å²) in [5.74, 6) is -0.0419. The highest BCUT2D eigenvalue weighted by Gasteiger charge is 2.53. The lowest BCUT2D eigenvalue weighted by atomic mass is 10.0. The molecule has 2 unspecified atom stereocenters. The van der Waals surface area contributed by atoms with Gasteiger partial charge in [0.25, 0.3) is 0 Å². The molecule has 2 heterocycles. The Kier molecular flexibility index (Phi) is 3.47. The molecule has 0 amide bonds. The number of nitrogens with zero attached hydrogens (tertiary/aromatic N) is 1. The van der Waals surface area contributed by atoms with Crippen molar-refractivity contribution < 1.29 is 16.8 Å². The summed E-state index contributed by atoms with van der Waals surface area (Å²) in [7, 11) is -6.76. The zero-order valence-electron chi connectivity index (χ0n) is 13.3. The van der Waals surface area contributed by atoms with Crippen molar-refractivity contribution in [1.82, 2.24) is 4.31 Å². The number of hydrogen-bond acceptors (Lipinski definition) is 4. The van der Waals surface area contributed by atoms with Gasteiger partial charge in [-0.25, -0.2) is 16.8 Å². The minimum absolute atomic E-state index is 0.0419. The third-order valence-electron chi connectivity index (χ3n) is 5.12. The second kappa shape index (κ2) is 4.79. The highest BCUT2D eigenvalue weighted by atomic mass is 32.2. The Morgan fingerprint density at radius 3 is 2.05 bits per heavy atom. The average molecular weight is 343 g/mol. The number of aryl methyl sites for hydroxylation is 2. The van der Waals surface area contributed by atoms with Gasteiger partial charge in [-0.1, -0.05) is 6.07 Å². The van der Waals surface area contributed by atoms with Crippen LogP contribution in [0.1, 0.15) is 28.7 Å². The van der Waals surface area contributed by atoms with Crippen LogP contribution in [0.5, 0.6) is 0 Å². The second-order valence-corrected chi connectivity index (χ2v) is 10.7. The molecule has 22 heavy (non-hydrogen) atoms. The number of benzene rings is 1. The summed E-state index contributed by atoms with van der Waals surface area (Å²) in [5, 5.41) is -0.529. The summed E-state index contributed by atoms with van der Waals surface area (Å²) >= 11 is 0. The molecule has 0 radical (unpaired) electrons. The van der Waals surface area contributed by atoms with E-state index in [0.717, 1.165) is 22.3 Å². The monoisotopic (exact) mass is 343 g/mol. The minimum Gasteiger partial charge on any atom is -0.228 e. The van der Waals surface area contributed by atoms with Gasteiger partial charge in [-0.15, -0.1) is 0 Å². The third-order valence-corrected chi connectivity index (χ3v) is 9.52. The minimum atomic E-state index is -3.66. The van der Waals surface area contributed by atoms with Gasteiger partial charge in [-0.3, -0.25) is 0 Å². The van der Waals surface area contributed by atoms with Gasteiger partial charge >= 0.3 is 0 Å². The zero-order valence-corrected chi connectivity index (χ0v) is 14.9. The molecule has 0 aliphatic carbocycles. The van der Waals surface area contributed by atoms with Crippen LogP contribution in [-0.2, 0) is 19.9 Å². The van der Waals surface area contributed by atoms with Gasteiger partial charge in [-0.2, -0.15) is 4.31 Å². The van der Waals surface area contributed by atoms with Crippen LogP contribution in [0, 0.1) is 27.7 Å². The lowest BCUT2D eigenvalue weighted by molar-refractivity contribution is 0.402. The molecular weight excluding hydrogens is 322 g/mol. The van der Waals surface area contributed by atoms with Gasteiger partial charge in [0.15, 0.2) is 9.84 Å². The molecule has 0 aromatic heterocycles. The van der Waals surface area contributed by atoms with Gasteiger partial charge < -0.3 is 0 Å². The number of hydrogen-bond donors (Lipinski definition) is 0. The molecule has 7 heteroatoms. The molecule has 1 aromatic rings.